The van der Waals surface area contributed by atoms with E-state index >= 15 is 0 Å². The van der Waals surface area contributed by atoms with Gasteiger partial charge in [-0.15, -0.1) is 11.6 Å². The van der Waals surface area contributed by atoms with Gasteiger partial charge in [0, 0.05) is 17.0 Å². The summed E-state index contributed by atoms with van der Waals surface area (Å²) in [6.07, 6.45) is 1.07. The number of benzene rings is 1. The van der Waals surface area contributed by atoms with E-state index in [-0.39, 0.29) is 5.38 Å². The van der Waals surface area contributed by atoms with Gasteiger partial charge in [0.2, 0.25) is 0 Å². The molecular formula is C13H16BrClO. The van der Waals surface area contributed by atoms with Gasteiger partial charge in [-0.05, 0) is 43.0 Å². The monoisotopic (exact) mass is 302 g/mol. The minimum atomic E-state index is 0.0781. The molecule has 1 aliphatic rings. The lowest BCUT2D eigenvalue weighted by Crippen LogP contribution is -2.09. The molecule has 2 atom stereocenters. The molecule has 2 rings (SSSR count). The molecule has 0 amide bonds. The van der Waals surface area contributed by atoms with E-state index in [1.54, 1.807) is 0 Å². The van der Waals surface area contributed by atoms with Crippen LogP contribution in [-0.2, 0) is 4.74 Å². The van der Waals surface area contributed by atoms with Gasteiger partial charge in [0.15, 0.2) is 0 Å². The Kier molecular flexibility index (Phi) is 3.93. The van der Waals surface area contributed by atoms with Crippen LogP contribution in [0.4, 0.5) is 0 Å². The van der Waals surface area contributed by atoms with Gasteiger partial charge in [-0.25, -0.2) is 0 Å². The molecule has 0 bridgehead atoms. The molecule has 1 heterocycles. The molecule has 1 aromatic carbocycles. The maximum Gasteiger partial charge on any atom is 0.0638 e. The molecule has 0 aliphatic carbocycles. The maximum absolute atomic E-state index is 6.55. The van der Waals surface area contributed by atoms with E-state index in [2.05, 4.69) is 41.9 Å². The Bertz CT molecular complexity index is 386. The summed E-state index contributed by atoms with van der Waals surface area (Å²) in [7, 11) is 0. The zero-order valence-corrected chi connectivity index (χ0v) is 11.9. The van der Waals surface area contributed by atoms with Crippen LogP contribution in [0.15, 0.2) is 16.6 Å². The number of ether oxygens (including phenoxy) is 1. The minimum absolute atomic E-state index is 0.0781. The van der Waals surface area contributed by atoms with Crippen LogP contribution in [-0.4, -0.2) is 13.2 Å². The number of alkyl halides is 1. The first-order valence-electron chi connectivity index (χ1n) is 5.58. The SMILES string of the molecule is Cc1cc(C(Cl)C2CCOC2)c(C)cc1Br. The third-order valence-corrected chi connectivity index (χ3v) is 4.67. The first-order valence-corrected chi connectivity index (χ1v) is 6.81. The average Bonchev–Trinajstić information content (AvgIpc) is 2.75. The standard InChI is InChI=1S/C13H16BrClO/c1-8-6-12(14)9(2)5-11(8)13(15)10-3-4-16-7-10/h5-6,10,13H,3-4,7H2,1-2H3. The van der Waals surface area contributed by atoms with Gasteiger partial charge in [0.05, 0.1) is 12.0 Å². The fourth-order valence-corrected chi connectivity index (χ4v) is 3.03. The smallest absolute Gasteiger partial charge is 0.0638 e. The molecule has 0 saturated carbocycles. The first kappa shape index (κ1) is 12.4. The lowest BCUT2D eigenvalue weighted by molar-refractivity contribution is 0.185. The van der Waals surface area contributed by atoms with Crippen molar-refractivity contribution in [2.75, 3.05) is 13.2 Å². The van der Waals surface area contributed by atoms with E-state index in [0.29, 0.717) is 5.92 Å². The Balaban J connectivity index is 2.28. The van der Waals surface area contributed by atoms with Gasteiger partial charge >= 0.3 is 0 Å². The van der Waals surface area contributed by atoms with Crippen molar-refractivity contribution in [1.82, 2.24) is 0 Å². The summed E-state index contributed by atoms with van der Waals surface area (Å²) in [6.45, 7) is 5.86. The molecule has 1 aromatic rings. The van der Waals surface area contributed by atoms with Gasteiger partial charge in [-0.3, -0.25) is 0 Å². The normalized spacial score (nSPS) is 22.4. The molecular weight excluding hydrogens is 287 g/mol. The Labute approximate surface area is 110 Å². The van der Waals surface area contributed by atoms with Gasteiger partial charge in [-0.1, -0.05) is 22.0 Å². The molecule has 0 N–H and O–H groups in total. The van der Waals surface area contributed by atoms with Crippen LogP contribution in [0.5, 0.6) is 0 Å². The quantitative estimate of drug-likeness (QED) is 0.737. The predicted octanol–water partition coefficient (Wildman–Crippen LogP) is 4.38. The van der Waals surface area contributed by atoms with Crippen LogP contribution in [0, 0.1) is 19.8 Å². The number of hydrogen-bond acceptors (Lipinski definition) is 1. The van der Waals surface area contributed by atoms with Crippen molar-refractivity contribution in [3.63, 3.8) is 0 Å². The molecule has 0 aromatic heterocycles. The van der Waals surface area contributed by atoms with Gasteiger partial charge in [0.25, 0.3) is 0 Å². The Morgan fingerprint density at radius 1 is 1.38 bits per heavy atom. The summed E-state index contributed by atoms with van der Waals surface area (Å²) in [4.78, 5) is 0. The number of rotatable bonds is 2. The van der Waals surface area contributed by atoms with Crippen LogP contribution in [0.2, 0.25) is 0 Å². The zero-order chi connectivity index (χ0) is 11.7. The third kappa shape index (κ3) is 2.44. The largest absolute Gasteiger partial charge is 0.381 e. The highest BCUT2D eigenvalue weighted by molar-refractivity contribution is 9.10. The van der Waals surface area contributed by atoms with Crippen LogP contribution >= 0.6 is 27.5 Å². The van der Waals surface area contributed by atoms with Crippen LogP contribution < -0.4 is 0 Å². The molecule has 0 spiro atoms. The van der Waals surface area contributed by atoms with Crippen molar-refractivity contribution in [2.24, 2.45) is 5.92 Å². The first-order chi connectivity index (χ1) is 7.59. The van der Waals surface area contributed by atoms with E-state index in [9.17, 15) is 0 Å². The predicted molar refractivity (Wildman–Crippen MR) is 71.1 cm³/mol. The highest BCUT2D eigenvalue weighted by Crippen LogP contribution is 2.37. The summed E-state index contributed by atoms with van der Waals surface area (Å²) in [5.74, 6) is 0.459. The van der Waals surface area contributed by atoms with Crippen molar-refractivity contribution in [3.05, 3.63) is 33.3 Å². The zero-order valence-electron chi connectivity index (χ0n) is 9.59. The number of aryl methyl sites for hydroxylation is 2. The van der Waals surface area contributed by atoms with E-state index in [0.717, 1.165) is 24.1 Å². The lowest BCUT2D eigenvalue weighted by atomic mass is 9.94. The second-order valence-corrected chi connectivity index (χ2v) is 5.81. The summed E-state index contributed by atoms with van der Waals surface area (Å²) in [5.41, 5.74) is 3.74. The van der Waals surface area contributed by atoms with Crippen LogP contribution in [0.3, 0.4) is 0 Å². The summed E-state index contributed by atoms with van der Waals surface area (Å²) < 4.78 is 6.55. The summed E-state index contributed by atoms with van der Waals surface area (Å²) in [5, 5.41) is 0.0781. The van der Waals surface area contributed by atoms with Crippen molar-refractivity contribution in [3.8, 4) is 0 Å². The molecule has 1 fully saturated rings. The Morgan fingerprint density at radius 2 is 2.12 bits per heavy atom. The molecule has 0 radical (unpaired) electrons. The van der Waals surface area contributed by atoms with Crippen LogP contribution in [0.1, 0.15) is 28.5 Å². The fourth-order valence-electron chi connectivity index (χ4n) is 2.14. The number of hydrogen-bond donors (Lipinski definition) is 0. The van der Waals surface area contributed by atoms with Gasteiger partial charge < -0.3 is 4.74 Å². The Hall–Kier alpha value is -0.0500. The minimum Gasteiger partial charge on any atom is -0.381 e. The lowest BCUT2D eigenvalue weighted by Gasteiger charge is -2.19. The maximum atomic E-state index is 6.55. The van der Waals surface area contributed by atoms with Gasteiger partial charge in [-0.2, -0.15) is 0 Å². The second-order valence-electron chi connectivity index (χ2n) is 4.48. The van der Waals surface area contributed by atoms with Crippen molar-refractivity contribution in [1.29, 1.82) is 0 Å². The topological polar surface area (TPSA) is 9.23 Å². The molecule has 1 aliphatic heterocycles. The van der Waals surface area contributed by atoms with Crippen molar-refractivity contribution < 1.29 is 4.74 Å². The number of halogens is 2. The second kappa shape index (κ2) is 5.07. The van der Waals surface area contributed by atoms with Crippen molar-refractivity contribution in [2.45, 2.75) is 25.6 Å². The van der Waals surface area contributed by atoms with Crippen LogP contribution in [0.25, 0.3) is 0 Å². The molecule has 2 unspecified atom stereocenters. The molecule has 1 saturated heterocycles. The third-order valence-electron chi connectivity index (χ3n) is 3.22. The average molecular weight is 304 g/mol. The summed E-state index contributed by atoms with van der Waals surface area (Å²) >= 11 is 10.1. The Morgan fingerprint density at radius 3 is 2.75 bits per heavy atom. The van der Waals surface area contributed by atoms with Crippen molar-refractivity contribution >= 4 is 27.5 Å². The molecule has 1 nitrogen and oxygen atoms in total. The van der Waals surface area contributed by atoms with E-state index in [1.165, 1.54) is 16.7 Å². The molecule has 16 heavy (non-hydrogen) atoms. The fraction of sp³-hybridized carbons (Fsp3) is 0.538. The highest BCUT2D eigenvalue weighted by atomic mass is 79.9. The molecule has 88 valence electrons. The highest BCUT2D eigenvalue weighted by Gasteiger charge is 2.26. The van der Waals surface area contributed by atoms with E-state index in [4.69, 9.17) is 16.3 Å². The van der Waals surface area contributed by atoms with Gasteiger partial charge in [0.1, 0.15) is 0 Å². The molecule has 3 heteroatoms. The summed E-state index contributed by atoms with van der Waals surface area (Å²) in [6, 6.07) is 4.34. The van der Waals surface area contributed by atoms with E-state index < -0.39 is 0 Å². The van der Waals surface area contributed by atoms with E-state index in [1.807, 2.05) is 0 Å².